The highest BCUT2D eigenvalue weighted by Gasteiger charge is 2.09. The summed E-state index contributed by atoms with van der Waals surface area (Å²) >= 11 is 0. The fraction of sp³-hybridized carbons (Fsp3) is 0.312. The Kier molecular flexibility index (Phi) is 5.38. The van der Waals surface area contributed by atoms with E-state index in [0.717, 1.165) is 17.7 Å². The maximum absolute atomic E-state index is 10.1. The van der Waals surface area contributed by atoms with Gasteiger partial charge in [0.2, 0.25) is 0 Å². The quantitative estimate of drug-likeness (QED) is 0.813. The fourth-order valence-corrected chi connectivity index (χ4v) is 1.84. The van der Waals surface area contributed by atoms with Crippen LogP contribution in [0.5, 0.6) is 5.75 Å². The minimum Gasteiger partial charge on any atom is -0.490 e. The number of pyridine rings is 1. The number of aliphatic hydroxyl groups is 1. The minimum atomic E-state index is -0.572. The molecule has 0 aliphatic rings. The van der Waals surface area contributed by atoms with Gasteiger partial charge in [-0.15, -0.1) is 0 Å². The molecule has 0 spiro atoms. The molecule has 1 unspecified atom stereocenters. The van der Waals surface area contributed by atoms with E-state index in [1.165, 1.54) is 0 Å². The van der Waals surface area contributed by atoms with Gasteiger partial charge in [0.15, 0.2) is 11.6 Å². The Morgan fingerprint density at radius 1 is 1.20 bits per heavy atom. The molecule has 0 saturated carbocycles. The molecule has 1 heterocycles. The Morgan fingerprint density at radius 3 is 2.75 bits per heavy atom. The van der Waals surface area contributed by atoms with Crippen molar-refractivity contribution in [3.8, 4) is 5.75 Å². The van der Waals surface area contributed by atoms with Crippen LogP contribution in [0.1, 0.15) is 25.0 Å². The number of aromatic nitrogens is 1. The van der Waals surface area contributed by atoms with Gasteiger partial charge in [0, 0.05) is 12.7 Å². The van der Waals surface area contributed by atoms with E-state index < -0.39 is 6.10 Å². The molecule has 1 aromatic carbocycles. The van der Waals surface area contributed by atoms with Gasteiger partial charge in [0.05, 0.1) is 12.7 Å². The molecule has 4 nitrogen and oxygen atoms in total. The van der Waals surface area contributed by atoms with Crippen LogP contribution in [-0.2, 0) is 0 Å². The molecule has 20 heavy (non-hydrogen) atoms. The first-order valence-corrected chi connectivity index (χ1v) is 6.86. The average molecular weight is 272 g/mol. The molecule has 0 radical (unpaired) electrons. The molecule has 0 saturated heterocycles. The third-order valence-corrected chi connectivity index (χ3v) is 2.88. The van der Waals surface area contributed by atoms with Crippen LogP contribution in [0.2, 0.25) is 0 Å². The normalized spacial score (nSPS) is 11.9. The second-order valence-electron chi connectivity index (χ2n) is 4.51. The molecule has 1 atom stereocenters. The topological polar surface area (TPSA) is 54.4 Å². The zero-order chi connectivity index (χ0) is 14.2. The van der Waals surface area contributed by atoms with Gasteiger partial charge in [-0.3, -0.25) is 0 Å². The Morgan fingerprint density at radius 2 is 2.00 bits per heavy atom. The number of nitrogens with one attached hydrogen (secondary N) is 1. The largest absolute Gasteiger partial charge is 0.490 e. The summed E-state index contributed by atoms with van der Waals surface area (Å²) in [5, 5.41) is 13.3. The fourth-order valence-electron chi connectivity index (χ4n) is 1.84. The summed E-state index contributed by atoms with van der Waals surface area (Å²) in [4.78, 5) is 4.25. The van der Waals surface area contributed by atoms with E-state index >= 15 is 0 Å². The lowest BCUT2D eigenvalue weighted by Gasteiger charge is -2.15. The van der Waals surface area contributed by atoms with Crippen LogP contribution in [0.15, 0.2) is 48.7 Å². The number of hydrogen-bond acceptors (Lipinski definition) is 4. The number of ether oxygens (including phenoxy) is 1. The van der Waals surface area contributed by atoms with Crippen LogP contribution >= 0.6 is 0 Å². The third kappa shape index (κ3) is 3.96. The average Bonchev–Trinajstić information content (AvgIpc) is 2.52. The van der Waals surface area contributed by atoms with E-state index in [2.05, 4.69) is 17.2 Å². The van der Waals surface area contributed by atoms with Crippen LogP contribution in [-0.4, -0.2) is 23.2 Å². The van der Waals surface area contributed by atoms with Gasteiger partial charge in [0.1, 0.15) is 0 Å². The van der Waals surface area contributed by atoms with E-state index in [-0.39, 0.29) is 0 Å². The molecule has 4 heteroatoms. The molecular formula is C16H20N2O2. The van der Waals surface area contributed by atoms with Crippen molar-refractivity contribution in [2.24, 2.45) is 0 Å². The minimum absolute atomic E-state index is 0.392. The molecule has 0 amide bonds. The molecular weight excluding hydrogens is 252 g/mol. The molecule has 106 valence electrons. The molecule has 0 aliphatic carbocycles. The van der Waals surface area contributed by atoms with Gasteiger partial charge in [-0.2, -0.15) is 0 Å². The van der Waals surface area contributed by atoms with Crippen molar-refractivity contribution in [2.45, 2.75) is 19.4 Å². The molecule has 0 bridgehead atoms. The monoisotopic (exact) mass is 272 g/mol. The third-order valence-electron chi connectivity index (χ3n) is 2.88. The number of hydrogen-bond donors (Lipinski definition) is 2. The Balaban J connectivity index is 1.96. The van der Waals surface area contributed by atoms with Crippen LogP contribution in [0.4, 0.5) is 5.82 Å². The summed E-state index contributed by atoms with van der Waals surface area (Å²) < 4.78 is 5.62. The lowest BCUT2D eigenvalue weighted by molar-refractivity contribution is 0.191. The van der Waals surface area contributed by atoms with E-state index in [1.807, 2.05) is 42.5 Å². The van der Waals surface area contributed by atoms with Gasteiger partial charge in [0.25, 0.3) is 0 Å². The summed E-state index contributed by atoms with van der Waals surface area (Å²) in [6.45, 7) is 3.10. The number of anilines is 1. The summed E-state index contributed by atoms with van der Waals surface area (Å²) in [5.41, 5.74) is 0.881. The SMILES string of the molecule is CCCOc1cccnc1NCC(O)c1ccccc1. The Bertz CT molecular complexity index is 517. The smallest absolute Gasteiger partial charge is 0.168 e. The first-order chi connectivity index (χ1) is 9.81. The van der Waals surface area contributed by atoms with Crippen LogP contribution in [0.3, 0.4) is 0 Å². The summed E-state index contributed by atoms with van der Waals surface area (Å²) in [6, 6.07) is 13.3. The lowest BCUT2D eigenvalue weighted by atomic mass is 10.1. The number of benzene rings is 1. The van der Waals surface area contributed by atoms with Gasteiger partial charge in [-0.05, 0) is 24.1 Å². The molecule has 0 aliphatic heterocycles. The zero-order valence-electron chi connectivity index (χ0n) is 11.6. The molecule has 0 fully saturated rings. The van der Waals surface area contributed by atoms with Crippen LogP contribution in [0.25, 0.3) is 0 Å². The highest BCUT2D eigenvalue weighted by molar-refractivity contribution is 5.49. The van der Waals surface area contributed by atoms with Crippen molar-refractivity contribution in [3.63, 3.8) is 0 Å². The first-order valence-electron chi connectivity index (χ1n) is 6.86. The van der Waals surface area contributed by atoms with E-state index in [0.29, 0.717) is 19.0 Å². The maximum atomic E-state index is 10.1. The molecule has 2 aromatic rings. The number of nitrogens with zero attached hydrogens (tertiary/aromatic N) is 1. The number of rotatable bonds is 7. The van der Waals surface area contributed by atoms with E-state index in [4.69, 9.17) is 4.74 Å². The van der Waals surface area contributed by atoms with E-state index in [9.17, 15) is 5.11 Å². The number of aliphatic hydroxyl groups excluding tert-OH is 1. The highest BCUT2D eigenvalue weighted by atomic mass is 16.5. The summed E-state index contributed by atoms with van der Waals surface area (Å²) in [7, 11) is 0. The second-order valence-corrected chi connectivity index (χ2v) is 4.51. The first kappa shape index (κ1) is 14.3. The van der Waals surface area contributed by atoms with Crippen LogP contribution in [0, 0.1) is 0 Å². The highest BCUT2D eigenvalue weighted by Crippen LogP contribution is 2.22. The van der Waals surface area contributed by atoms with Crippen molar-refractivity contribution < 1.29 is 9.84 Å². The van der Waals surface area contributed by atoms with Gasteiger partial charge >= 0.3 is 0 Å². The van der Waals surface area contributed by atoms with Gasteiger partial charge in [-0.25, -0.2) is 4.98 Å². The van der Waals surface area contributed by atoms with Crippen molar-refractivity contribution in [3.05, 3.63) is 54.2 Å². The zero-order valence-corrected chi connectivity index (χ0v) is 11.6. The van der Waals surface area contributed by atoms with Gasteiger partial charge in [-0.1, -0.05) is 37.3 Å². The standard InChI is InChI=1S/C16H20N2O2/c1-2-11-20-15-9-6-10-17-16(15)18-12-14(19)13-7-4-3-5-8-13/h3-10,14,19H,2,11-12H2,1H3,(H,17,18). The van der Waals surface area contributed by atoms with Crippen molar-refractivity contribution in [1.82, 2.24) is 4.98 Å². The predicted octanol–water partition coefficient (Wildman–Crippen LogP) is 3.02. The second kappa shape index (κ2) is 7.50. The Labute approximate surface area is 119 Å². The summed E-state index contributed by atoms with van der Waals surface area (Å²) in [5.74, 6) is 1.38. The summed E-state index contributed by atoms with van der Waals surface area (Å²) in [6.07, 6.45) is 2.08. The van der Waals surface area contributed by atoms with Crippen LogP contribution < -0.4 is 10.1 Å². The lowest BCUT2D eigenvalue weighted by Crippen LogP contribution is -2.13. The van der Waals surface area contributed by atoms with E-state index in [1.54, 1.807) is 6.20 Å². The Hall–Kier alpha value is -2.07. The van der Waals surface area contributed by atoms with Crippen molar-refractivity contribution >= 4 is 5.82 Å². The predicted molar refractivity (Wildman–Crippen MR) is 79.9 cm³/mol. The molecule has 2 N–H and O–H groups in total. The molecule has 1 aromatic heterocycles. The van der Waals surface area contributed by atoms with Crippen molar-refractivity contribution in [1.29, 1.82) is 0 Å². The maximum Gasteiger partial charge on any atom is 0.168 e. The van der Waals surface area contributed by atoms with Crippen molar-refractivity contribution in [2.75, 3.05) is 18.5 Å². The van der Waals surface area contributed by atoms with Gasteiger partial charge < -0.3 is 15.2 Å². The molecule has 2 rings (SSSR count).